The highest BCUT2D eigenvalue weighted by molar-refractivity contribution is 5.36. The Morgan fingerprint density at radius 2 is 1.60 bits per heavy atom. The summed E-state index contributed by atoms with van der Waals surface area (Å²) in [5.41, 5.74) is 5.24. The van der Waals surface area contributed by atoms with Crippen molar-refractivity contribution in [2.24, 2.45) is 0 Å². The molecular formula is C18H22FN. The van der Waals surface area contributed by atoms with Gasteiger partial charge in [-0.1, -0.05) is 30.3 Å². The highest BCUT2D eigenvalue weighted by Crippen LogP contribution is 2.24. The SMILES string of the molecule is CNCC(Cc1c(C)cccc1C)c1ccc(F)cc1. The minimum atomic E-state index is -0.177. The van der Waals surface area contributed by atoms with E-state index in [0.717, 1.165) is 13.0 Å². The van der Waals surface area contributed by atoms with Gasteiger partial charge in [0.05, 0.1) is 0 Å². The van der Waals surface area contributed by atoms with E-state index in [4.69, 9.17) is 0 Å². The molecule has 0 bridgehead atoms. The number of aryl methyl sites for hydroxylation is 2. The van der Waals surface area contributed by atoms with E-state index in [9.17, 15) is 4.39 Å². The summed E-state index contributed by atoms with van der Waals surface area (Å²) in [5.74, 6) is 0.185. The third-order valence-corrected chi connectivity index (χ3v) is 3.89. The van der Waals surface area contributed by atoms with Gasteiger partial charge in [-0.05, 0) is 61.7 Å². The summed E-state index contributed by atoms with van der Waals surface area (Å²) in [6.07, 6.45) is 0.977. The molecule has 20 heavy (non-hydrogen) atoms. The lowest BCUT2D eigenvalue weighted by molar-refractivity contribution is 0.609. The second kappa shape index (κ2) is 6.67. The molecule has 0 aliphatic heterocycles. The van der Waals surface area contributed by atoms with Crippen LogP contribution in [0.4, 0.5) is 4.39 Å². The smallest absolute Gasteiger partial charge is 0.123 e. The fourth-order valence-electron chi connectivity index (χ4n) is 2.71. The predicted molar refractivity (Wildman–Crippen MR) is 82.7 cm³/mol. The first-order valence-electron chi connectivity index (χ1n) is 7.07. The van der Waals surface area contributed by atoms with Crippen LogP contribution in [0.5, 0.6) is 0 Å². The molecule has 1 unspecified atom stereocenters. The minimum Gasteiger partial charge on any atom is -0.319 e. The van der Waals surface area contributed by atoms with Crippen molar-refractivity contribution in [1.82, 2.24) is 5.32 Å². The molecular weight excluding hydrogens is 249 g/mol. The van der Waals surface area contributed by atoms with Crippen LogP contribution < -0.4 is 5.32 Å². The molecule has 0 aromatic heterocycles. The highest BCUT2D eigenvalue weighted by atomic mass is 19.1. The second-order valence-corrected chi connectivity index (χ2v) is 5.38. The Hall–Kier alpha value is -1.67. The van der Waals surface area contributed by atoms with E-state index in [2.05, 4.69) is 37.4 Å². The van der Waals surface area contributed by atoms with Crippen LogP contribution in [-0.2, 0) is 6.42 Å². The molecule has 0 aliphatic rings. The lowest BCUT2D eigenvalue weighted by Crippen LogP contribution is -2.20. The van der Waals surface area contributed by atoms with Crippen molar-refractivity contribution in [3.8, 4) is 0 Å². The average molecular weight is 271 g/mol. The quantitative estimate of drug-likeness (QED) is 0.867. The van der Waals surface area contributed by atoms with Crippen LogP contribution >= 0.6 is 0 Å². The first kappa shape index (κ1) is 14.7. The van der Waals surface area contributed by atoms with Crippen molar-refractivity contribution >= 4 is 0 Å². The van der Waals surface area contributed by atoms with Gasteiger partial charge in [0.2, 0.25) is 0 Å². The van der Waals surface area contributed by atoms with Gasteiger partial charge in [-0.3, -0.25) is 0 Å². The summed E-state index contributed by atoms with van der Waals surface area (Å²) >= 11 is 0. The van der Waals surface area contributed by atoms with Crippen LogP contribution in [-0.4, -0.2) is 13.6 Å². The molecule has 2 aromatic rings. The molecule has 1 nitrogen and oxygen atoms in total. The number of nitrogens with one attached hydrogen (secondary N) is 1. The van der Waals surface area contributed by atoms with Crippen molar-refractivity contribution in [2.75, 3.05) is 13.6 Å². The third kappa shape index (κ3) is 3.45. The van der Waals surface area contributed by atoms with Crippen LogP contribution in [0.15, 0.2) is 42.5 Å². The molecule has 0 spiro atoms. The van der Waals surface area contributed by atoms with Gasteiger partial charge in [-0.25, -0.2) is 4.39 Å². The minimum absolute atomic E-state index is 0.177. The number of rotatable bonds is 5. The molecule has 1 N–H and O–H groups in total. The number of halogens is 1. The summed E-state index contributed by atoms with van der Waals surface area (Å²) in [6, 6.07) is 13.3. The maximum atomic E-state index is 13.1. The number of hydrogen-bond donors (Lipinski definition) is 1. The summed E-state index contributed by atoms with van der Waals surface area (Å²) in [6.45, 7) is 5.20. The number of benzene rings is 2. The van der Waals surface area contributed by atoms with Gasteiger partial charge in [0.1, 0.15) is 5.82 Å². The molecule has 1 atom stereocenters. The monoisotopic (exact) mass is 271 g/mol. The maximum absolute atomic E-state index is 13.1. The Morgan fingerprint density at radius 3 is 2.15 bits per heavy atom. The zero-order valence-electron chi connectivity index (χ0n) is 12.4. The molecule has 0 heterocycles. The van der Waals surface area contributed by atoms with Crippen LogP contribution in [0.3, 0.4) is 0 Å². The van der Waals surface area contributed by atoms with Gasteiger partial charge < -0.3 is 5.32 Å². The van der Waals surface area contributed by atoms with E-state index in [1.165, 1.54) is 22.3 Å². The molecule has 0 amide bonds. The van der Waals surface area contributed by atoms with Gasteiger partial charge in [-0.2, -0.15) is 0 Å². The van der Waals surface area contributed by atoms with Crippen LogP contribution in [0.1, 0.15) is 28.2 Å². The molecule has 0 saturated carbocycles. The van der Waals surface area contributed by atoms with E-state index < -0.39 is 0 Å². The maximum Gasteiger partial charge on any atom is 0.123 e. The van der Waals surface area contributed by atoms with Crippen molar-refractivity contribution in [2.45, 2.75) is 26.2 Å². The van der Waals surface area contributed by atoms with Gasteiger partial charge in [-0.15, -0.1) is 0 Å². The molecule has 0 fully saturated rings. The van der Waals surface area contributed by atoms with Crippen molar-refractivity contribution in [3.05, 3.63) is 70.5 Å². The van der Waals surface area contributed by atoms with Crippen molar-refractivity contribution in [3.63, 3.8) is 0 Å². The Bertz CT molecular complexity index is 540. The average Bonchev–Trinajstić information content (AvgIpc) is 2.43. The predicted octanol–water partition coefficient (Wildman–Crippen LogP) is 3.99. The Balaban J connectivity index is 2.28. The van der Waals surface area contributed by atoms with Gasteiger partial charge >= 0.3 is 0 Å². The molecule has 2 heteroatoms. The van der Waals surface area contributed by atoms with Crippen LogP contribution in [0.25, 0.3) is 0 Å². The van der Waals surface area contributed by atoms with E-state index in [0.29, 0.717) is 5.92 Å². The molecule has 0 radical (unpaired) electrons. The van der Waals surface area contributed by atoms with Crippen LogP contribution in [0, 0.1) is 19.7 Å². The van der Waals surface area contributed by atoms with Crippen molar-refractivity contribution in [1.29, 1.82) is 0 Å². The number of hydrogen-bond acceptors (Lipinski definition) is 1. The van der Waals surface area contributed by atoms with Crippen LogP contribution in [0.2, 0.25) is 0 Å². The molecule has 0 aliphatic carbocycles. The molecule has 106 valence electrons. The summed E-state index contributed by atoms with van der Waals surface area (Å²) < 4.78 is 13.1. The Morgan fingerprint density at radius 1 is 1.00 bits per heavy atom. The first-order valence-corrected chi connectivity index (χ1v) is 7.07. The van der Waals surface area contributed by atoms with Gasteiger partial charge in [0.15, 0.2) is 0 Å². The van der Waals surface area contributed by atoms with Crippen molar-refractivity contribution < 1.29 is 4.39 Å². The summed E-state index contributed by atoms with van der Waals surface area (Å²) in [5, 5.41) is 3.25. The zero-order valence-corrected chi connectivity index (χ0v) is 12.4. The first-order chi connectivity index (χ1) is 9.61. The summed E-state index contributed by atoms with van der Waals surface area (Å²) in [4.78, 5) is 0. The van der Waals surface area contributed by atoms with Gasteiger partial charge in [0, 0.05) is 12.5 Å². The Kier molecular flexibility index (Phi) is 4.91. The number of likely N-dealkylation sites (N-methyl/N-ethyl adjacent to an activating group) is 1. The topological polar surface area (TPSA) is 12.0 Å². The fourth-order valence-corrected chi connectivity index (χ4v) is 2.71. The Labute approximate surface area is 120 Å². The van der Waals surface area contributed by atoms with E-state index >= 15 is 0 Å². The zero-order chi connectivity index (χ0) is 14.5. The highest BCUT2D eigenvalue weighted by Gasteiger charge is 2.14. The van der Waals surface area contributed by atoms with E-state index in [1.54, 1.807) is 12.1 Å². The summed E-state index contributed by atoms with van der Waals surface area (Å²) in [7, 11) is 1.96. The largest absolute Gasteiger partial charge is 0.319 e. The van der Waals surface area contributed by atoms with E-state index in [1.807, 2.05) is 19.2 Å². The second-order valence-electron chi connectivity index (χ2n) is 5.38. The molecule has 0 saturated heterocycles. The normalized spacial score (nSPS) is 12.4. The lowest BCUT2D eigenvalue weighted by Gasteiger charge is -2.20. The third-order valence-electron chi connectivity index (χ3n) is 3.89. The fraction of sp³-hybridized carbons (Fsp3) is 0.333. The van der Waals surface area contributed by atoms with Gasteiger partial charge in [0.25, 0.3) is 0 Å². The van der Waals surface area contributed by atoms with E-state index in [-0.39, 0.29) is 5.82 Å². The standard InChI is InChI=1S/C18H22FN/c1-13-5-4-6-14(2)18(13)11-16(12-20-3)15-7-9-17(19)10-8-15/h4-10,16,20H,11-12H2,1-3H3. The molecule has 2 aromatic carbocycles. The lowest BCUT2D eigenvalue weighted by atomic mass is 9.88. The molecule has 2 rings (SSSR count).